The second-order valence-electron chi connectivity index (χ2n) is 5.73. The van der Waals surface area contributed by atoms with Gasteiger partial charge in [-0.2, -0.15) is 0 Å². The number of esters is 1. The van der Waals surface area contributed by atoms with E-state index in [-0.39, 0.29) is 32.7 Å². The van der Waals surface area contributed by atoms with Crippen LogP contribution in [-0.4, -0.2) is 11.8 Å². The summed E-state index contributed by atoms with van der Waals surface area (Å²) in [5.74, 6) is -1.19. The van der Waals surface area contributed by atoms with Gasteiger partial charge in [-0.3, -0.25) is 4.79 Å². The summed E-state index contributed by atoms with van der Waals surface area (Å²) in [6.07, 6.45) is 2.56. The highest BCUT2D eigenvalue weighted by Crippen LogP contribution is 2.22. The molecule has 0 saturated carbocycles. The first kappa shape index (κ1) is 19.8. The molecule has 0 radical (unpaired) electrons. The Morgan fingerprint density at radius 1 is 0.857 bits per heavy atom. The number of carbonyl (C=O) groups excluding carboxylic acids is 2. The van der Waals surface area contributed by atoms with Crippen LogP contribution in [0.2, 0.25) is 10.0 Å². The molecule has 0 saturated heterocycles. The molecule has 3 rings (SSSR count). The molecule has 0 aliphatic rings. The molecule has 0 N–H and O–H groups in total. The van der Waals surface area contributed by atoms with Crippen molar-refractivity contribution in [1.82, 2.24) is 0 Å². The van der Waals surface area contributed by atoms with Crippen LogP contribution >= 0.6 is 23.2 Å². The highest BCUT2D eigenvalue weighted by molar-refractivity contribution is 6.33. The molecule has 0 aliphatic carbocycles. The smallest absolute Gasteiger partial charge is 0.345 e. The quantitative estimate of drug-likeness (QED) is 0.214. The van der Waals surface area contributed by atoms with Crippen LogP contribution in [0.4, 0.5) is 4.39 Å². The maximum atomic E-state index is 13.7. The average Bonchev–Trinajstić information content (AvgIpc) is 2.68. The molecular formula is C22H13Cl2FO3. The van der Waals surface area contributed by atoms with Crippen molar-refractivity contribution >= 4 is 41.0 Å². The lowest BCUT2D eigenvalue weighted by Crippen LogP contribution is -2.09. The Labute approximate surface area is 171 Å². The van der Waals surface area contributed by atoms with Crippen molar-refractivity contribution in [1.29, 1.82) is 0 Å². The van der Waals surface area contributed by atoms with Crippen LogP contribution in [0.25, 0.3) is 6.08 Å². The third kappa shape index (κ3) is 4.66. The van der Waals surface area contributed by atoms with Crippen LogP contribution in [0, 0.1) is 5.82 Å². The SMILES string of the molecule is O=C(C=Cc1c(F)cccc1Cl)c1ccc(OC(=O)c2ccccc2Cl)cc1. The fourth-order valence-corrected chi connectivity index (χ4v) is 2.84. The van der Waals surface area contributed by atoms with E-state index in [0.29, 0.717) is 5.56 Å². The Balaban J connectivity index is 1.70. The van der Waals surface area contributed by atoms with E-state index in [4.69, 9.17) is 27.9 Å². The van der Waals surface area contributed by atoms with Gasteiger partial charge in [-0.15, -0.1) is 0 Å². The van der Waals surface area contributed by atoms with E-state index in [1.165, 1.54) is 54.6 Å². The number of ketones is 1. The van der Waals surface area contributed by atoms with E-state index in [1.54, 1.807) is 24.3 Å². The fraction of sp³-hybridized carbons (Fsp3) is 0. The molecule has 0 aliphatic heterocycles. The zero-order valence-electron chi connectivity index (χ0n) is 14.4. The molecule has 3 aromatic carbocycles. The van der Waals surface area contributed by atoms with Crippen LogP contribution < -0.4 is 4.74 Å². The highest BCUT2D eigenvalue weighted by atomic mass is 35.5. The summed E-state index contributed by atoms with van der Waals surface area (Å²) in [6.45, 7) is 0. The van der Waals surface area contributed by atoms with Crippen molar-refractivity contribution < 1.29 is 18.7 Å². The topological polar surface area (TPSA) is 43.4 Å². The molecule has 0 fully saturated rings. The molecule has 0 bridgehead atoms. The maximum absolute atomic E-state index is 13.7. The Morgan fingerprint density at radius 3 is 2.21 bits per heavy atom. The van der Waals surface area contributed by atoms with Crippen molar-refractivity contribution in [3.05, 3.63) is 105 Å². The minimum Gasteiger partial charge on any atom is -0.423 e. The molecule has 0 spiro atoms. The van der Waals surface area contributed by atoms with Crippen LogP contribution in [-0.2, 0) is 0 Å². The van der Waals surface area contributed by atoms with Gasteiger partial charge in [-0.25, -0.2) is 9.18 Å². The third-order valence-electron chi connectivity index (χ3n) is 3.84. The van der Waals surface area contributed by atoms with E-state index < -0.39 is 11.8 Å². The summed E-state index contributed by atoms with van der Waals surface area (Å²) in [4.78, 5) is 24.4. The summed E-state index contributed by atoms with van der Waals surface area (Å²) < 4.78 is 19.0. The lowest BCUT2D eigenvalue weighted by Gasteiger charge is -2.06. The molecule has 6 heteroatoms. The first-order valence-electron chi connectivity index (χ1n) is 8.19. The number of hydrogen-bond donors (Lipinski definition) is 0. The van der Waals surface area contributed by atoms with Gasteiger partial charge in [0.05, 0.1) is 15.6 Å². The van der Waals surface area contributed by atoms with Gasteiger partial charge >= 0.3 is 5.97 Å². The van der Waals surface area contributed by atoms with E-state index in [2.05, 4.69) is 0 Å². The van der Waals surface area contributed by atoms with Crippen molar-refractivity contribution in [3.63, 3.8) is 0 Å². The minimum absolute atomic E-state index is 0.141. The fourth-order valence-electron chi connectivity index (χ4n) is 2.40. The summed E-state index contributed by atoms with van der Waals surface area (Å²) in [5.41, 5.74) is 0.734. The summed E-state index contributed by atoms with van der Waals surface area (Å²) in [5, 5.41) is 0.502. The number of rotatable bonds is 5. The Hall–Kier alpha value is -2.95. The summed E-state index contributed by atoms with van der Waals surface area (Å²) in [7, 11) is 0. The predicted octanol–water partition coefficient (Wildman–Crippen LogP) is 6.25. The molecular weight excluding hydrogens is 402 g/mol. The first-order chi connectivity index (χ1) is 13.5. The molecule has 3 aromatic rings. The predicted molar refractivity (Wildman–Crippen MR) is 108 cm³/mol. The van der Waals surface area contributed by atoms with E-state index in [0.717, 1.165) is 0 Å². The average molecular weight is 415 g/mol. The van der Waals surface area contributed by atoms with Crippen LogP contribution in [0.1, 0.15) is 26.3 Å². The number of ether oxygens (including phenoxy) is 1. The molecule has 0 atom stereocenters. The molecule has 0 heterocycles. The molecule has 140 valence electrons. The molecule has 28 heavy (non-hydrogen) atoms. The first-order valence-corrected chi connectivity index (χ1v) is 8.94. The Morgan fingerprint density at radius 2 is 1.54 bits per heavy atom. The van der Waals surface area contributed by atoms with E-state index in [1.807, 2.05) is 0 Å². The lowest BCUT2D eigenvalue weighted by atomic mass is 10.1. The van der Waals surface area contributed by atoms with Crippen molar-refractivity contribution in [2.45, 2.75) is 0 Å². The Kier molecular flexibility index (Phi) is 6.24. The van der Waals surface area contributed by atoms with Gasteiger partial charge in [0.25, 0.3) is 0 Å². The molecule has 0 amide bonds. The van der Waals surface area contributed by atoms with Crippen LogP contribution in [0.5, 0.6) is 5.75 Å². The van der Waals surface area contributed by atoms with Gasteiger partial charge in [0.15, 0.2) is 5.78 Å². The van der Waals surface area contributed by atoms with Gasteiger partial charge in [0.2, 0.25) is 0 Å². The summed E-state index contributed by atoms with van der Waals surface area (Å²) in [6, 6.07) is 16.8. The van der Waals surface area contributed by atoms with Crippen molar-refractivity contribution in [3.8, 4) is 5.75 Å². The van der Waals surface area contributed by atoms with Gasteiger partial charge in [0, 0.05) is 11.1 Å². The lowest BCUT2D eigenvalue weighted by molar-refractivity contribution is 0.0735. The zero-order chi connectivity index (χ0) is 20.1. The second kappa shape index (κ2) is 8.83. The number of halogens is 3. The third-order valence-corrected chi connectivity index (χ3v) is 4.50. The standard InChI is InChI=1S/C22H13Cl2FO3/c23-18-6-3-7-20(25)16(18)12-13-21(26)14-8-10-15(11-9-14)28-22(27)17-4-1-2-5-19(17)24/h1-13H. The number of carbonyl (C=O) groups is 2. The van der Waals surface area contributed by atoms with Crippen molar-refractivity contribution in [2.24, 2.45) is 0 Å². The number of allylic oxidation sites excluding steroid dienone is 1. The van der Waals surface area contributed by atoms with E-state index in [9.17, 15) is 14.0 Å². The van der Waals surface area contributed by atoms with Crippen LogP contribution in [0.15, 0.2) is 72.8 Å². The van der Waals surface area contributed by atoms with Gasteiger partial charge < -0.3 is 4.74 Å². The monoisotopic (exact) mass is 414 g/mol. The summed E-state index contributed by atoms with van der Waals surface area (Å²) >= 11 is 11.9. The molecule has 0 aromatic heterocycles. The maximum Gasteiger partial charge on any atom is 0.345 e. The largest absolute Gasteiger partial charge is 0.423 e. The van der Waals surface area contributed by atoms with E-state index >= 15 is 0 Å². The number of hydrogen-bond acceptors (Lipinski definition) is 3. The Bertz CT molecular complexity index is 1040. The minimum atomic E-state index is -0.598. The highest BCUT2D eigenvalue weighted by Gasteiger charge is 2.12. The van der Waals surface area contributed by atoms with Crippen molar-refractivity contribution in [2.75, 3.05) is 0 Å². The molecule has 0 unspecified atom stereocenters. The van der Waals surface area contributed by atoms with Crippen LogP contribution in [0.3, 0.4) is 0 Å². The second-order valence-corrected chi connectivity index (χ2v) is 6.54. The zero-order valence-corrected chi connectivity index (χ0v) is 15.9. The number of benzene rings is 3. The van der Waals surface area contributed by atoms with Gasteiger partial charge in [0.1, 0.15) is 11.6 Å². The molecule has 3 nitrogen and oxygen atoms in total. The normalized spacial score (nSPS) is 10.8. The van der Waals surface area contributed by atoms with Gasteiger partial charge in [-0.1, -0.05) is 41.4 Å². The van der Waals surface area contributed by atoms with Gasteiger partial charge in [-0.05, 0) is 60.7 Å².